The molecule has 0 bridgehead atoms. The quantitative estimate of drug-likeness (QED) is 0.576. The minimum atomic E-state index is -0.662. The van der Waals surface area contributed by atoms with Crippen molar-refractivity contribution < 1.29 is 14.3 Å². The summed E-state index contributed by atoms with van der Waals surface area (Å²) in [5, 5.41) is 9.83. The number of carbonyl (C=O) groups is 2. The molecule has 29 heavy (non-hydrogen) atoms. The maximum absolute atomic E-state index is 12.8. The summed E-state index contributed by atoms with van der Waals surface area (Å²) in [5.41, 5.74) is 2.70. The molecule has 2 N–H and O–H groups in total. The number of aromatic nitrogens is 1. The smallest absolute Gasteiger partial charge is 0.262 e. The zero-order valence-corrected chi connectivity index (χ0v) is 18.3. The molecular formula is C21H23N3O3S2. The molecule has 0 aliphatic rings. The highest BCUT2D eigenvalue weighted by Crippen LogP contribution is 2.33. The standard InChI is InChI=1S/C21H23N3O3S2/c1-12(2)18(23-19(25)17-6-5-9-28-17)20(26)24-21-22-15(11-29-21)14-10-13(3)7-8-16(14)27-4/h5-12,18H,1-4H3,(H,23,25)(H,22,24,26). The van der Waals surface area contributed by atoms with E-state index >= 15 is 0 Å². The molecule has 6 nitrogen and oxygen atoms in total. The molecule has 0 spiro atoms. The van der Waals surface area contributed by atoms with Crippen molar-refractivity contribution in [3.8, 4) is 17.0 Å². The number of hydrogen-bond acceptors (Lipinski definition) is 6. The van der Waals surface area contributed by atoms with E-state index in [-0.39, 0.29) is 17.7 Å². The Bertz CT molecular complexity index is 997. The van der Waals surface area contributed by atoms with Crippen LogP contribution in [0.4, 0.5) is 5.13 Å². The van der Waals surface area contributed by atoms with E-state index in [0.717, 1.165) is 22.6 Å². The van der Waals surface area contributed by atoms with Crippen LogP contribution in [0.3, 0.4) is 0 Å². The molecule has 8 heteroatoms. The van der Waals surface area contributed by atoms with Gasteiger partial charge in [-0.05, 0) is 36.4 Å². The van der Waals surface area contributed by atoms with Crippen LogP contribution in [-0.4, -0.2) is 29.9 Å². The Morgan fingerprint density at radius 3 is 2.62 bits per heavy atom. The number of carbonyl (C=O) groups excluding carboxylic acids is 2. The fourth-order valence-electron chi connectivity index (χ4n) is 2.82. The number of aryl methyl sites for hydroxylation is 1. The Labute approximate surface area is 178 Å². The van der Waals surface area contributed by atoms with Gasteiger partial charge >= 0.3 is 0 Å². The number of nitrogens with zero attached hydrogens (tertiary/aromatic N) is 1. The van der Waals surface area contributed by atoms with Crippen LogP contribution in [0, 0.1) is 12.8 Å². The molecule has 2 amide bonds. The lowest BCUT2D eigenvalue weighted by atomic mass is 10.0. The number of nitrogens with one attached hydrogen (secondary N) is 2. The summed E-state index contributed by atoms with van der Waals surface area (Å²) in [4.78, 5) is 30.3. The van der Waals surface area contributed by atoms with Gasteiger partial charge in [0.05, 0.1) is 17.7 Å². The van der Waals surface area contributed by atoms with Crippen LogP contribution in [0.25, 0.3) is 11.3 Å². The predicted molar refractivity (Wildman–Crippen MR) is 118 cm³/mol. The molecule has 2 heterocycles. The molecule has 0 aliphatic heterocycles. The Balaban J connectivity index is 1.74. The van der Waals surface area contributed by atoms with E-state index in [0.29, 0.717) is 10.0 Å². The summed E-state index contributed by atoms with van der Waals surface area (Å²) in [5.74, 6) is 0.109. The highest BCUT2D eigenvalue weighted by atomic mass is 32.1. The largest absolute Gasteiger partial charge is 0.496 e. The number of ether oxygens (including phenoxy) is 1. The number of thiazole rings is 1. The van der Waals surface area contributed by atoms with Crippen LogP contribution in [0.1, 0.15) is 29.1 Å². The fourth-order valence-corrected chi connectivity index (χ4v) is 4.16. The summed E-state index contributed by atoms with van der Waals surface area (Å²) in [6.07, 6.45) is 0. The van der Waals surface area contributed by atoms with Crippen molar-refractivity contribution in [1.82, 2.24) is 10.3 Å². The maximum Gasteiger partial charge on any atom is 0.262 e. The van der Waals surface area contributed by atoms with E-state index in [9.17, 15) is 9.59 Å². The number of rotatable bonds is 7. The van der Waals surface area contributed by atoms with Gasteiger partial charge in [0.25, 0.3) is 5.91 Å². The SMILES string of the molecule is COc1ccc(C)cc1-c1csc(NC(=O)C(NC(=O)c2cccs2)C(C)C)n1. The van der Waals surface area contributed by atoms with Gasteiger partial charge in [0.15, 0.2) is 5.13 Å². The van der Waals surface area contributed by atoms with Gasteiger partial charge in [0.2, 0.25) is 5.91 Å². The zero-order chi connectivity index (χ0) is 21.0. The highest BCUT2D eigenvalue weighted by molar-refractivity contribution is 7.14. The second-order valence-electron chi connectivity index (χ2n) is 6.90. The molecule has 1 unspecified atom stereocenters. The average molecular weight is 430 g/mol. The summed E-state index contributed by atoms with van der Waals surface area (Å²) < 4.78 is 5.42. The van der Waals surface area contributed by atoms with Gasteiger partial charge in [0, 0.05) is 10.9 Å². The minimum absolute atomic E-state index is 0.0739. The zero-order valence-electron chi connectivity index (χ0n) is 16.7. The summed E-state index contributed by atoms with van der Waals surface area (Å²) >= 11 is 2.67. The molecule has 0 fully saturated rings. The third-order valence-corrected chi connectivity index (χ3v) is 5.97. The van der Waals surface area contributed by atoms with E-state index in [1.165, 1.54) is 22.7 Å². The minimum Gasteiger partial charge on any atom is -0.496 e. The third kappa shape index (κ3) is 5.02. The monoisotopic (exact) mass is 429 g/mol. The first kappa shape index (κ1) is 21.0. The number of thiophene rings is 1. The van der Waals surface area contributed by atoms with Crippen molar-refractivity contribution in [1.29, 1.82) is 0 Å². The number of hydrogen-bond donors (Lipinski definition) is 2. The first-order valence-electron chi connectivity index (χ1n) is 9.14. The van der Waals surface area contributed by atoms with Crippen LogP contribution in [-0.2, 0) is 4.79 Å². The second-order valence-corrected chi connectivity index (χ2v) is 8.71. The first-order chi connectivity index (χ1) is 13.9. The molecule has 3 aromatic rings. The van der Waals surface area contributed by atoms with E-state index in [1.807, 2.05) is 49.7 Å². The lowest BCUT2D eigenvalue weighted by Gasteiger charge is -2.20. The average Bonchev–Trinajstić information content (AvgIpc) is 3.37. The highest BCUT2D eigenvalue weighted by Gasteiger charge is 2.26. The van der Waals surface area contributed by atoms with Gasteiger partial charge in [0.1, 0.15) is 11.8 Å². The summed E-state index contributed by atoms with van der Waals surface area (Å²) in [6.45, 7) is 5.79. The van der Waals surface area contributed by atoms with Crippen LogP contribution in [0.15, 0.2) is 41.1 Å². The summed E-state index contributed by atoms with van der Waals surface area (Å²) in [6, 6.07) is 8.75. The predicted octanol–water partition coefficient (Wildman–Crippen LogP) is 4.58. The molecule has 0 radical (unpaired) electrons. The number of amides is 2. The van der Waals surface area contributed by atoms with Gasteiger partial charge < -0.3 is 15.4 Å². The molecule has 0 aliphatic carbocycles. The van der Waals surface area contributed by atoms with Crippen molar-refractivity contribution in [3.05, 3.63) is 51.5 Å². The molecule has 1 aromatic carbocycles. The lowest BCUT2D eigenvalue weighted by Crippen LogP contribution is -2.46. The molecule has 1 atom stereocenters. The molecular weight excluding hydrogens is 406 g/mol. The Morgan fingerprint density at radius 2 is 1.97 bits per heavy atom. The number of methoxy groups -OCH3 is 1. The van der Waals surface area contributed by atoms with Crippen LogP contribution in [0.5, 0.6) is 5.75 Å². The van der Waals surface area contributed by atoms with Gasteiger partial charge in [-0.25, -0.2) is 4.98 Å². The van der Waals surface area contributed by atoms with Crippen LogP contribution in [0.2, 0.25) is 0 Å². The van der Waals surface area contributed by atoms with E-state index in [2.05, 4.69) is 15.6 Å². The van der Waals surface area contributed by atoms with Crippen molar-refractivity contribution >= 4 is 39.6 Å². The lowest BCUT2D eigenvalue weighted by molar-refractivity contribution is -0.118. The normalized spacial score (nSPS) is 11.9. The van der Waals surface area contributed by atoms with Crippen molar-refractivity contribution in [2.45, 2.75) is 26.8 Å². The molecule has 0 saturated carbocycles. The van der Waals surface area contributed by atoms with Gasteiger partial charge in [-0.2, -0.15) is 0 Å². The van der Waals surface area contributed by atoms with E-state index in [4.69, 9.17) is 4.74 Å². The van der Waals surface area contributed by atoms with Gasteiger partial charge in [-0.1, -0.05) is 31.5 Å². The van der Waals surface area contributed by atoms with Crippen molar-refractivity contribution in [2.75, 3.05) is 12.4 Å². The molecule has 0 saturated heterocycles. The van der Waals surface area contributed by atoms with E-state index < -0.39 is 6.04 Å². The van der Waals surface area contributed by atoms with Gasteiger partial charge in [-0.15, -0.1) is 22.7 Å². The summed E-state index contributed by atoms with van der Waals surface area (Å²) in [7, 11) is 1.62. The number of anilines is 1. The third-order valence-electron chi connectivity index (χ3n) is 4.35. The maximum atomic E-state index is 12.8. The molecule has 3 rings (SSSR count). The van der Waals surface area contributed by atoms with Crippen LogP contribution >= 0.6 is 22.7 Å². The molecule has 2 aromatic heterocycles. The topological polar surface area (TPSA) is 80.3 Å². The first-order valence-corrected chi connectivity index (χ1v) is 10.9. The Kier molecular flexibility index (Phi) is 6.66. The second kappa shape index (κ2) is 9.19. The van der Waals surface area contributed by atoms with E-state index in [1.54, 1.807) is 19.2 Å². The van der Waals surface area contributed by atoms with Crippen LogP contribution < -0.4 is 15.4 Å². The Morgan fingerprint density at radius 1 is 1.17 bits per heavy atom. The van der Waals surface area contributed by atoms with Crippen molar-refractivity contribution in [2.24, 2.45) is 5.92 Å². The number of benzene rings is 1. The molecule has 152 valence electrons. The Hall–Kier alpha value is -2.71. The van der Waals surface area contributed by atoms with Crippen molar-refractivity contribution in [3.63, 3.8) is 0 Å². The fraction of sp³-hybridized carbons (Fsp3) is 0.286. The van der Waals surface area contributed by atoms with Gasteiger partial charge in [-0.3, -0.25) is 9.59 Å².